The number of nitrogens with one attached hydrogen (secondary N) is 1. The maximum absolute atomic E-state index is 12.0. The summed E-state index contributed by atoms with van der Waals surface area (Å²) in [4.78, 5) is 0. The molecular formula is C13H14BrNO2S2. The second-order valence-corrected chi connectivity index (χ2v) is 7.78. The predicted molar refractivity (Wildman–Crippen MR) is 82.0 cm³/mol. The van der Waals surface area contributed by atoms with E-state index in [-0.39, 0.29) is 0 Å². The molecule has 3 nitrogen and oxygen atoms in total. The smallest absolute Gasteiger partial charge is 0.210 e. The van der Waals surface area contributed by atoms with Gasteiger partial charge in [-0.05, 0) is 45.8 Å². The van der Waals surface area contributed by atoms with Crippen LogP contribution in [0.15, 0.2) is 50.5 Å². The molecule has 0 aliphatic heterocycles. The number of benzene rings is 1. The molecule has 19 heavy (non-hydrogen) atoms. The van der Waals surface area contributed by atoms with Gasteiger partial charge in [0.05, 0.1) is 0 Å². The molecule has 0 aliphatic carbocycles. The second-order valence-electron chi connectivity index (χ2n) is 4.04. The van der Waals surface area contributed by atoms with Crippen LogP contribution in [0.2, 0.25) is 0 Å². The zero-order valence-corrected chi connectivity index (χ0v) is 13.4. The Hall–Kier alpha value is -0.690. The predicted octanol–water partition coefficient (Wildman–Crippen LogP) is 3.42. The van der Waals surface area contributed by atoms with Crippen molar-refractivity contribution in [2.45, 2.75) is 17.1 Å². The van der Waals surface area contributed by atoms with E-state index >= 15 is 0 Å². The van der Waals surface area contributed by atoms with Crippen LogP contribution < -0.4 is 4.72 Å². The molecule has 2 rings (SSSR count). The van der Waals surface area contributed by atoms with E-state index < -0.39 is 10.0 Å². The summed E-state index contributed by atoms with van der Waals surface area (Å²) < 4.78 is 27.6. The highest BCUT2D eigenvalue weighted by atomic mass is 79.9. The normalized spacial score (nSPS) is 11.6. The minimum atomic E-state index is -3.38. The molecule has 0 radical (unpaired) electrons. The van der Waals surface area contributed by atoms with Crippen molar-refractivity contribution < 1.29 is 8.42 Å². The first kappa shape index (κ1) is 14.7. The van der Waals surface area contributed by atoms with E-state index in [9.17, 15) is 8.42 Å². The monoisotopic (exact) mass is 359 g/mol. The molecule has 0 spiro atoms. The summed E-state index contributed by atoms with van der Waals surface area (Å²) in [6.07, 6.45) is 1.65. The van der Waals surface area contributed by atoms with Crippen LogP contribution in [0.3, 0.4) is 0 Å². The van der Waals surface area contributed by atoms with Crippen molar-refractivity contribution in [1.82, 2.24) is 4.72 Å². The highest BCUT2D eigenvalue weighted by molar-refractivity contribution is 9.10. The number of rotatable bonds is 6. The Morgan fingerprint density at radius 3 is 2.53 bits per heavy atom. The average Bonchev–Trinajstić information content (AvgIpc) is 2.83. The molecule has 0 unspecified atom stereocenters. The van der Waals surface area contributed by atoms with Crippen molar-refractivity contribution in [2.75, 3.05) is 6.54 Å². The number of sulfonamides is 1. The van der Waals surface area contributed by atoms with Crippen molar-refractivity contribution in [2.24, 2.45) is 0 Å². The van der Waals surface area contributed by atoms with Crippen LogP contribution in [0.5, 0.6) is 0 Å². The fourth-order valence-corrected chi connectivity index (χ4v) is 5.14. The Bertz CT molecular complexity index is 623. The summed E-state index contributed by atoms with van der Waals surface area (Å²) >= 11 is 4.45. The average molecular weight is 360 g/mol. The number of hydrogen-bond acceptors (Lipinski definition) is 3. The van der Waals surface area contributed by atoms with E-state index in [0.29, 0.717) is 15.2 Å². The quantitative estimate of drug-likeness (QED) is 0.803. The minimum Gasteiger partial charge on any atom is -0.210 e. The standard InChI is InChI=1S/C13H14BrNO2S2/c14-12-8-10-18-13(12)19(16,17)15-9-4-7-11-5-2-1-3-6-11/h1-3,5-6,8,10,15H,4,7,9H2. The van der Waals surface area contributed by atoms with Gasteiger partial charge in [-0.15, -0.1) is 11.3 Å². The van der Waals surface area contributed by atoms with Gasteiger partial charge in [0.2, 0.25) is 0 Å². The van der Waals surface area contributed by atoms with Crippen molar-refractivity contribution in [3.05, 3.63) is 51.8 Å². The summed E-state index contributed by atoms with van der Waals surface area (Å²) in [7, 11) is -3.38. The Labute approximate surface area is 125 Å². The highest BCUT2D eigenvalue weighted by Crippen LogP contribution is 2.27. The molecule has 6 heteroatoms. The molecular weight excluding hydrogens is 346 g/mol. The number of halogens is 1. The zero-order valence-electron chi connectivity index (χ0n) is 10.2. The van der Waals surface area contributed by atoms with Crippen molar-refractivity contribution in [3.8, 4) is 0 Å². The molecule has 0 fully saturated rings. The highest BCUT2D eigenvalue weighted by Gasteiger charge is 2.18. The van der Waals surface area contributed by atoms with E-state index in [1.165, 1.54) is 16.9 Å². The molecule has 1 aromatic carbocycles. The molecule has 0 saturated carbocycles. The van der Waals surface area contributed by atoms with Crippen molar-refractivity contribution in [1.29, 1.82) is 0 Å². The fraction of sp³-hybridized carbons (Fsp3) is 0.231. The Morgan fingerprint density at radius 2 is 1.89 bits per heavy atom. The van der Waals surface area contributed by atoms with E-state index in [2.05, 4.69) is 20.7 Å². The van der Waals surface area contributed by atoms with Crippen LogP contribution in [0.4, 0.5) is 0 Å². The first-order chi connectivity index (χ1) is 9.09. The van der Waals surface area contributed by atoms with Gasteiger partial charge in [-0.25, -0.2) is 13.1 Å². The lowest BCUT2D eigenvalue weighted by molar-refractivity contribution is 0.580. The summed E-state index contributed by atoms with van der Waals surface area (Å²) in [6.45, 7) is 0.446. The largest absolute Gasteiger partial charge is 0.251 e. The van der Waals surface area contributed by atoms with Gasteiger partial charge in [0.15, 0.2) is 0 Å². The summed E-state index contributed by atoms with van der Waals surface area (Å²) in [5.41, 5.74) is 1.22. The number of hydrogen-bond donors (Lipinski definition) is 1. The van der Waals surface area contributed by atoms with Crippen molar-refractivity contribution in [3.63, 3.8) is 0 Å². The molecule has 1 N–H and O–H groups in total. The van der Waals surface area contributed by atoms with E-state index in [0.717, 1.165) is 12.8 Å². The van der Waals surface area contributed by atoms with Gasteiger partial charge in [0, 0.05) is 11.0 Å². The molecule has 1 heterocycles. The molecule has 0 bridgehead atoms. The van der Waals surface area contributed by atoms with Crippen LogP contribution in [-0.4, -0.2) is 15.0 Å². The van der Waals surface area contributed by atoms with Crippen molar-refractivity contribution >= 4 is 37.3 Å². The van der Waals surface area contributed by atoms with Gasteiger partial charge in [0.1, 0.15) is 4.21 Å². The van der Waals surface area contributed by atoms with Crippen LogP contribution in [0, 0.1) is 0 Å². The maximum atomic E-state index is 12.0. The van der Waals surface area contributed by atoms with E-state index in [1.807, 2.05) is 30.3 Å². The van der Waals surface area contributed by atoms with Crippen LogP contribution in [0.25, 0.3) is 0 Å². The second kappa shape index (κ2) is 6.65. The van der Waals surface area contributed by atoms with Crippen LogP contribution >= 0.6 is 27.3 Å². The minimum absolute atomic E-state index is 0.340. The first-order valence-corrected chi connectivity index (χ1v) is 9.02. The van der Waals surface area contributed by atoms with E-state index in [4.69, 9.17) is 0 Å². The maximum Gasteiger partial charge on any atom is 0.251 e. The third kappa shape index (κ3) is 4.14. The Morgan fingerprint density at radius 1 is 1.16 bits per heavy atom. The number of thiophene rings is 1. The number of aryl methyl sites for hydroxylation is 1. The Kier molecular flexibility index (Phi) is 5.15. The van der Waals surface area contributed by atoms with Gasteiger partial charge in [0.25, 0.3) is 10.0 Å². The van der Waals surface area contributed by atoms with Gasteiger partial charge < -0.3 is 0 Å². The van der Waals surface area contributed by atoms with Crippen LogP contribution in [0.1, 0.15) is 12.0 Å². The first-order valence-electron chi connectivity index (χ1n) is 5.86. The van der Waals surface area contributed by atoms with Gasteiger partial charge in [-0.3, -0.25) is 0 Å². The summed E-state index contributed by atoms with van der Waals surface area (Å²) in [6, 6.07) is 11.8. The third-order valence-electron chi connectivity index (χ3n) is 2.61. The Balaban J connectivity index is 1.85. The fourth-order valence-electron chi connectivity index (χ4n) is 1.68. The lowest BCUT2D eigenvalue weighted by atomic mass is 10.1. The molecule has 0 atom stereocenters. The zero-order chi connectivity index (χ0) is 13.7. The lowest BCUT2D eigenvalue weighted by Crippen LogP contribution is -2.24. The van der Waals surface area contributed by atoms with E-state index in [1.54, 1.807) is 11.4 Å². The topological polar surface area (TPSA) is 46.2 Å². The third-order valence-corrected chi connectivity index (χ3v) is 6.74. The van der Waals surface area contributed by atoms with Gasteiger partial charge in [-0.1, -0.05) is 30.3 Å². The molecule has 1 aromatic heterocycles. The summed E-state index contributed by atoms with van der Waals surface area (Å²) in [5.74, 6) is 0. The van der Waals surface area contributed by atoms with Crippen LogP contribution in [-0.2, 0) is 16.4 Å². The molecule has 0 aliphatic rings. The SMILES string of the molecule is O=S(=O)(NCCCc1ccccc1)c1sccc1Br. The molecule has 0 saturated heterocycles. The molecule has 0 amide bonds. The lowest BCUT2D eigenvalue weighted by Gasteiger charge is -2.05. The van der Waals surface area contributed by atoms with Gasteiger partial charge in [-0.2, -0.15) is 0 Å². The molecule has 102 valence electrons. The van der Waals surface area contributed by atoms with Gasteiger partial charge >= 0.3 is 0 Å². The molecule has 2 aromatic rings. The summed E-state index contributed by atoms with van der Waals surface area (Å²) in [5, 5.41) is 1.75.